The molecule has 2 aromatic carbocycles. The second-order valence-corrected chi connectivity index (χ2v) is 11.3. The SMILES string of the molecule is CCOc1ccc(-n2c(SCC(=O)Nc3c(F)cc(F)cc3Br)nc3sc4c(c3c2=O)CCCC4)cc1. The maximum atomic E-state index is 14.2. The predicted octanol–water partition coefficient (Wildman–Crippen LogP) is 6.50. The summed E-state index contributed by atoms with van der Waals surface area (Å²) in [5.74, 6) is -1.62. The molecule has 4 aromatic rings. The van der Waals surface area contributed by atoms with Crippen LogP contribution >= 0.6 is 39.0 Å². The Labute approximate surface area is 228 Å². The summed E-state index contributed by atoms with van der Waals surface area (Å²) in [6, 6.07) is 8.92. The quantitative estimate of drug-likeness (QED) is 0.192. The van der Waals surface area contributed by atoms with Gasteiger partial charge in [0.25, 0.3) is 5.56 Å². The van der Waals surface area contributed by atoms with E-state index >= 15 is 0 Å². The molecule has 2 aromatic heterocycles. The van der Waals surface area contributed by atoms with Gasteiger partial charge in [0.05, 0.1) is 29.1 Å². The second kappa shape index (κ2) is 10.9. The third kappa shape index (κ3) is 5.30. The molecule has 0 spiro atoms. The molecule has 192 valence electrons. The summed E-state index contributed by atoms with van der Waals surface area (Å²) in [6.07, 6.45) is 3.90. The Morgan fingerprint density at radius 2 is 1.97 bits per heavy atom. The lowest BCUT2D eigenvalue weighted by Gasteiger charge is -2.14. The predicted molar refractivity (Wildman–Crippen MR) is 146 cm³/mol. The van der Waals surface area contributed by atoms with E-state index in [1.807, 2.05) is 6.92 Å². The lowest BCUT2D eigenvalue weighted by atomic mass is 9.97. The smallest absolute Gasteiger partial charge is 0.267 e. The first-order chi connectivity index (χ1) is 17.9. The van der Waals surface area contributed by atoms with Crippen LogP contribution in [0.3, 0.4) is 0 Å². The fourth-order valence-electron chi connectivity index (χ4n) is 4.34. The average Bonchev–Trinajstić information content (AvgIpc) is 3.24. The summed E-state index contributed by atoms with van der Waals surface area (Å²) in [5, 5.41) is 3.47. The topological polar surface area (TPSA) is 73.2 Å². The average molecular weight is 607 g/mol. The van der Waals surface area contributed by atoms with Gasteiger partial charge in [0, 0.05) is 15.4 Å². The van der Waals surface area contributed by atoms with Gasteiger partial charge in [0.15, 0.2) is 11.0 Å². The highest BCUT2D eigenvalue weighted by Gasteiger charge is 2.23. The van der Waals surface area contributed by atoms with Crippen molar-refractivity contribution in [1.82, 2.24) is 9.55 Å². The molecular weight excluding hydrogens is 584 g/mol. The monoisotopic (exact) mass is 605 g/mol. The maximum absolute atomic E-state index is 14.2. The Morgan fingerprint density at radius 1 is 1.22 bits per heavy atom. The third-order valence-electron chi connectivity index (χ3n) is 5.97. The molecule has 0 saturated carbocycles. The molecule has 0 aliphatic heterocycles. The molecule has 1 amide bonds. The van der Waals surface area contributed by atoms with Crippen LogP contribution in [0.4, 0.5) is 14.5 Å². The van der Waals surface area contributed by atoms with E-state index in [1.54, 1.807) is 24.3 Å². The fourth-order valence-corrected chi connectivity index (χ4v) is 6.96. The van der Waals surface area contributed by atoms with Gasteiger partial charge in [-0.2, -0.15) is 0 Å². The summed E-state index contributed by atoms with van der Waals surface area (Å²) >= 11 is 5.69. The molecule has 0 fully saturated rings. The number of carbonyl (C=O) groups excluding carboxylic acids is 1. The number of hydrogen-bond donors (Lipinski definition) is 1. The van der Waals surface area contributed by atoms with E-state index in [4.69, 9.17) is 9.72 Å². The van der Waals surface area contributed by atoms with Crippen LogP contribution in [-0.4, -0.2) is 27.8 Å². The highest BCUT2D eigenvalue weighted by atomic mass is 79.9. The normalized spacial score (nSPS) is 13.0. The first-order valence-electron chi connectivity index (χ1n) is 11.7. The number of anilines is 1. The number of thioether (sulfide) groups is 1. The van der Waals surface area contributed by atoms with E-state index in [2.05, 4.69) is 21.2 Å². The number of thiophene rings is 1. The van der Waals surface area contributed by atoms with Crippen molar-refractivity contribution < 1.29 is 18.3 Å². The lowest BCUT2D eigenvalue weighted by molar-refractivity contribution is -0.113. The number of nitrogens with zero attached hydrogens (tertiary/aromatic N) is 2. The number of halogens is 3. The number of rotatable bonds is 7. The number of aryl methyl sites for hydroxylation is 2. The summed E-state index contributed by atoms with van der Waals surface area (Å²) < 4.78 is 34.7. The summed E-state index contributed by atoms with van der Waals surface area (Å²) in [7, 11) is 0. The number of benzene rings is 2. The van der Waals surface area contributed by atoms with E-state index < -0.39 is 17.5 Å². The van der Waals surface area contributed by atoms with Gasteiger partial charge in [-0.3, -0.25) is 14.2 Å². The molecule has 0 atom stereocenters. The van der Waals surface area contributed by atoms with Crippen molar-refractivity contribution in [1.29, 1.82) is 0 Å². The molecule has 6 nitrogen and oxygen atoms in total. The standard InChI is InChI=1S/C26H22BrF2N3O3S2/c1-2-35-16-9-7-15(8-10-16)32-25(34)22-17-5-3-4-6-20(17)37-24(22)31-26(32)36-13-21(33)30-23-18(27)11-14(28)12-19(23)29/h7-12H,2-6,13H2,1H3,(H,30,33). The van der Waals surface area contributed by atoms with E-state index in [-0.39, 0.29) is 21.5 Å². The number of carbonyl (C=O) groups is 1. The van der Waals surface area contributed by atoms with Crippen LogP contribution in [0.2, 0.25) is 0 Å². The van der Waals surface area contributed by atoms with Crippen LogP contribution < -0.4 is 15.6 Å². The van der Waals surface area contributed by atoms with Crippen LogP contribution in [0.15, 0.2) is 50.8 Å². The van der Waals surface area contributed by atoms with Crippen LogP contribution in [0, 0.1) is 11.6 Å². The lowest BCUT2D eigenvalue weighted by Crippen LogP contribution is -2.23. The Bertz CT molecular complexity index is 1530. The number of hydrogen-bond acceptors (Lipinski definition) is 6. The minimum absolute atomic E-state index is 0.0957. The van der Waals surface area contributed by atoms with Crippen molar-refractivity contribution in [2.45, 2.75) is 37.8 Å². The Hall–Kier alpha value is -2.76. The summed E-state index contributed by atoms with van der Waals surface area (Å²) in [5.41, 5.74) is 1.36. The molecule has 11 heteroatoms. The van der Waals surface area contributed by atoms with Gasteiger partial charge in [-0.25, -0.2) is 13.8 Å². The van der Waals surface area contributed by atoms with Crippen LogP contribution in [0.5, 0.6) is 5.75 Å². The van der Waals surface area contributed by atoms with Crippen molar-refractivity contribution in [2.24, 2.45) is 0 Å². The number of ether oxygens (including phenoxy) is 1. The molecule has 5 rings (SSSR count). The molecular formula is C26H22BrF2N3O3S2. The van der Waals surface area contributed by atoms with Crippen LogP contribution in [0.25, 0.3) is 15.9 Å². The van der Waals surface area contributed by atoms with Gasteiger partial charge in [-0.05, 0) is 84.4 Å². The Morgan fingerprint density at radius 3 is 2.70 bits per heavy atom. The first-order valence-corrected chi connectivity index (χ1v) is 14.3. The third-order valence-corrected chi connectivity index (χ3v) is 8.72. The van der Waals surface area contributed by atoms with E-state index in [1.165, 1.54) is 20.8 Å². The molecule has 0 unspecified atom stereocenters. The second-order valence-electron chi connectivity index (χ2n) is 8.43. The van der Waals surface area contributed by atoms with Crippen molar-refractivity contribution in [3.05, 3.63) is 73.3 Å². The summed E-state index contributed by atoms with van der Waals surface area (Å²) in [4.78, 5) is 33.2. The molecule has 0 radical (unpaired) electrons. The zero-order valence-corrected chi connectivity index (χ0v) is 23.0. The van der Waals surface area contributed by atoms with Crippen LogP contribution in [-0.2, 0) is 17.6 Å². The van der Waals surface area contributed by atoms with Gasteiger partial charge in [-0.1, -0.05) is 11.8 Å². The van der Waals surface area contributed by atoms with Crippen molar-refractivity contribution in [3.8, 4) is 11.4 Å². The fraction of sp³-hybridized carbons (Fsp3) is 0.269. The van der Waals surface area contributed by atoms with Crippen molar-refractivity contribution >= 4 is 60.8 Å². The number of amides is 1. The zero-order chi connectivity index (χ0) is 26.1. The van der Waals surface area contributed by atoms with Gasteiger partial charge >= 0.3 is 0 Å². The molecule has 1 N–H and O–H groups in total. The minimum atomic E-state index is -0.889. The van der Waals surface area contributed by atoms with Crippen LogP contribution in [0.1, 0.15) is 30.2 Å². The number of aromatic nitrogens is 2. The molecule has 2 heterocycles. The van der Waals surface area contributed by atoms with E-state index in [0.717, 1.165) is 49.1 Å². The van der Waals surface area contributed by atoms with Gasteiger partial charge in [0.1, 0.15) is 16.4 Å². The molecule has 1 aliphatic rings. The van der Waals surface area contributed by atoms with Gasteiger partial charge < -0.3 is 10.1 Å². The number of nitrogens with one attached hydrogen (secondary N) is 1. The Kier molecular flexibility index (Phi) is 7.64. The summed E-state index contributed by atoms with van der Waals surface area (Å²) in [6.45, 7) is 2.42. The Balaban J connectivity index is 1.51. The van der Waals surface area contributed by atoms with E-state index in [9.17, 15) is 18.4 Å². The first kappa shape index (κ1) is 25.9. The minimum Gasteiger partial charge on any atom is -0.494 e. The molecule has 0 bridgehead atoms. The molecule has 0 saturated heterocycles. The van der Waals surface area contributed by atoms with E-state index in [0.29, 0.717) is 39.5 Å². The van der Waals surface area contributed by atoms with Crippen molar-refractivity contribution in [3.63, 3.8) is 0 Å². The largest absolute Gasteiger partial charge is 0.494 e. The van der Waals surface area contributed by atoms with Crippen molar-refractivity contribution in [2.75, 3.05) is 17.7 Å². The molecule has 1 aliphatic carbocycles. The highest BCUT2D eigenvalue weighted by molar-refractivity contribution is 9.10. The number of fused-ring (bicyclic) bond motifs is 3. The highest BCUT2D eigenvalue weighted by Crippen LogP contribution is 2.35. The maximum Gasteiger partial charge on any atom is 0.267 e. The molecule has 37 heavy (non-hydrogen) atoms. The van der Waals surface area contributed by atoms with Gasteiger partial charge in [-0.15, -0.1) is 11.3 Å². The van der Waals surface area contributed by atoms with Gasteiger partial charge in [0.2, 0.25) is 5.91 Å². The zero-order valence-electron chi connectivity index (χ0n) is 19.8.